The highest BCUT2D eigenvalue weighted by atomic mass is 35.5. The molecule has 5 nitrogen and oxygen atoms in total. The number of sulfonamides is 1. The van der Waals surface area contributed by atoms with Gasteiger partial charge in [0, 0.05) is 30.8 Å². The Balaban J connectivity index is 2.32. The first kappa shape index (κ1) is 12.9. The van der Waals surface area contributed by atoms with Gasteiger partial charge in [0.05, 0.1) is 5.69 Å². The molecule has 2 rings (SSSR count). The van der Waals surface area contributed by atoms with Gasteiger partial charge in [-0.1, -0.05) is 13.8 Å². The normalized spacial score (nSPS) is 17.4. The molecule has 1 aliphatic heterocycles. The van der Waals surface area contributed by atoms with Crippen molar-refractivity contribution < 1.29 is 8.42 Å². The van der Waals surface area contributed by atoms with E-state index in [0.717, 1.165) is 17.0 Å². The highest BCUT2D eigenvalue weighted by molar-refractivity contribution is 7.90. The highest BCUT2D eigenvalue weighted by Gasteiger charge is 2.29. The maximum Gasteiger partial charge on any atom is 0.228 e. The number of nitrogens with zero attached hydrogens (tertiary/aromatic N) is 2. The number of fused-ring (bicyclic) bond motifs is 1. The molecule has 0 unspecified atom stereocenters. The molecule has 96 valence electrons. The van der Waals surface area contributed by atoms with Gasteiger partial charge in [-0.15, -0.1) is 11.6 Å². The van der Waals surface area contributed by atoms with E-state index in [0.29, 0.717) is 19.5 Å². The summed E-state index contributed by atoms with van der Waals surface area (Å²) < 4.78 is 24.9. The number of H-pyrrole nitrogens is 1. The Morgan fingerprint density at radius 1 is 1.53 bits per heavy atom. The largest absolute Gasteiger partial charge is 0.282 e. The molecule has 0 bridgehead atoms. The van der Waals surface area contributed by atoms with Gasteiger partial charge in [-0.2, -0.15) is 9.40 Å². The van der Waals surface area contributed by atoms with Crippen molar-refractivity contribution in [2.24, 2.45) is 0 Å². The summed E-state index contributed by atoms with van der Waals surface area (Å²) in [4.78, 5) is 0. The van der Waals surface area contributed by atoms with Crippen molar-refractivity contribution >= 4 is 21.6 Å². The molecule has 1 aliphatic rings. The number of aromatic nitrogens is 2. The summed E-state index contributed by atoms with van der Waals surface area (Å²) in [6.07, 6.45) is 0.672. The molecule has 2 heterocycles. The van der Waals surface area contributed by atoms with Crippen LogP contribution in [0.5, 0.6) is 0 Å². The maximum absolute atomic E-state index is 11.7. The van der Waals surface area contributed by atoms with Gasteiger partial charge >= 0.3 is 0 Å². The van der Waals surface area contributed by atoms with Crippen LogP contribution in [-0.4, -0.2) is 34.7 Å². The average Bonchev–Trinajstić information content (AvgIpc) is 2.71. The topological polar surface area (TPSA) is 66.1 Å². The third-order valence-electron chi connectivity index (χ3n) is 3.01. The van der Waals surface area contributed by atoms with Crippen molar-refractivity contribution in [2.45, 2.75) is 32.7 Å². The van der Waals surface area contributed by atoms with Crippen LogP contribution in [0.1, 0.15) is 36.7 Å². The SMILES string of the molecule is CC(C)c1n[nH]c2c1CN(S(=O)(=O)CCl)CC2. The molecule has 1 N–H and O–H groups in total. The van der Waals surface area contributed by atoms with Crippen LogP contribution < -0.4 is 0 Å². The Bertz CT molecular complexity index is 510. The molecule has 0 saturated carbocycles. The number of aromatic amines is 1. The van der Waals surface area contributed by atoms with Crippen LogP contribution in [0.15, 0.2) is 0 Å². The Morgan fingerprint density at radius 2 is 2.24 bits per heavy atom. The number of alkyl halides is 1. The highest BCUT2D eigenvalue weighted by Crippen LogP contribution is 2.26. The van der Waals surface area contributed by atoms with Crippen molar-refractivity contribution in [1.82, 2.24) is 14.5 Å². The van der Waals surface area contributed by atoms with Gasteiger partial charge in [0.2, 0.25) is 10.0 Å². The van der Waals surface area contributed by atoms with Crippen molar-refractivity contribution in [3.63, 3.8) is 0 Å². The van der Waals surface area contributed by atoms with Crippen LogP contribution in [0.4, 0.5) is 0 Å². The zero-order chi connectivity index (χ0) is 12.6. The van der Waals surface area contributed by atoms with E-state index in [2.05, 4.69) is 10.2 Å². The number of hydrogen-bond donors (Lipinski definition) is 1. The molecule has 0 aromatic carbocycles. The van der Waals surface area contributed by atoms with Gasteiger partial charge in [0.15, 0.2) is 0 Å². The molecule has 0 spiro atoms. The van der Waals surface area contributed by atoms with Crippen molar-refractivity contribution in [3.8, 4) is 0 Å². The minimum Gasteiger partial charge on any atom is -0.282 e. The van der Waals surface area contributed by atoms with Crippen LogP contribution in [0.3, 0.4) is 0 Å². The van der Waals surface area contributed by atoms with Gasteiger partial charge in [-0.05, 0) is 5.92 Å². The molecule has 17 heavy (non-hydrogen) atoms. The zero-order valence-electron chi connectivity index (χ0n) is 9.90. The van der Waals surface area contributed by atoms with Crippen LogP contribution in [0, 0.1) is 0 Å². The summed E-state index contributed by atoms with van der Waals surface area (Å²) in [5, 5.41) is 6.89. The molecule has 0 radical (unpaired) electrons. The minimum atomic E-state index is -3.33. The van der Waals surface area contributed by atoms with E-state index in [1.165, 1.54) is 4.31 Å². The lowest BCUT2D eigenvalue weighted by Crippen LogP contribution is -2.36. The second-order valence-electron chi connectivity index (χ2n) is 4.53. The van der Waals surface area contributed by atoms with Crippen LogP contribution in [-0.2, 0) is 23.0 Å². The third-order valence-corrected chi connectivity index (χ3v) is 5.21. The molecule has 0 amide bonds. The lowest BCUT2D eigenvalue weighted by Gasteiger charge is -2.25. The smallest absolute Gasteiger partial charge is 0.228 e. The molecular formula is C10H16ClN3O2S. The lowest BCUT2D eigenvalue weighted by atomic mass is 10.0. The number of nitrogens with one attached hydrogen (secondary N) is 1. The molecule has 0 fully saturated rings. The Morgan fingerprint density at radius 3 is 2.82 bits per heavy atom. The van der Waals surface area contributed by atoms with Crippen molar-refractivity contribution in [1.29, 1.82) is 0 Å². The quantitative estimate of drug-likeness (QED) is 0.850. The summed E-state index contributed by atoms with van der Waals surface area (Å²) in [6, 6.07) is 0. The molecule has 1 aromatic heterocycles. The minimum absolute atomic E-state index is 0.286. The maximum atomic E-state index is 11.7. The summed E-state index contributed by atoms with van der Waals surface area (Å²) in [7, 11) is -3.33. The molecule has 1 aromatic rings. The second-order valence-corrected chi connectivity index (χ2v) is 7.08. The fraction of sp³-hybridized carbons (Fsp3) is 0.700. The van der Waals surface area contributed by atoms with E-state index >= 15 is 0 Å². The van der Waals surface area contributed by atoms with E-state index < -0.39 is 10.0 Å². The van der Waals surface area contributed by atoms with E-state index in [1.807, 2.05) is 13.8 Å². The predicted molar refractivity (Wildman–Crippen MR) is 66.4 cm³/mol. The summed E-state index contributed by atoms with van der Waals surface area (Å²) in [5.41, 5.74) is 3.02. The summed E-state index contributed by atoms with van der Waals surface area (Å²) >= 11 is 5.48. The molecular weight excluding hydrogens is 262 g/mol. The van der Waals surface area contributed by atoms with Crippen LogP contribution >= 0.6 is 11.6 Å². The fourth-order valence-corrected chi connectivity index (χ4v) is 3.32. The Labute approximate surface area is 106 Å². The summed E-state index contributed by atoms with van der Waals surface area (Å²) in [6.45, 7) is 4.95. The average molecular weight is 278 g/mol. The Hall–Kier alpha value is -0.590. The van der Waals surface area contributed by atoms with E-state index in [1.54, 1.807) is 0 Å². The molecule has 0 atom stereocenters. The van der Waals surface area contributed by atoms with E-state index in [-0.39, 0.29) is 11.1 Å². The van der Waals surface area contributed by atoms with Gasteiger partial charge < -0.3 is 0 Å². The van der Waals surface area contributed by atoms with Crippen molar-refractivity contribution in [3.05, 3.63) is 17.0 Å². The number of halogens is 1. The molecule has 7 heteroatoms. The summed E-state index contributed by atoms with van der Waals surface area (Å²) in [5.74, 6) is 0.286. The van der Waals surface area contributed by atoms with E-state index in [4.69, 9.17) is 11.6 Å². The number of hydrogen-bond acceptors (Lipinski definition) is 3. The zero-order valence-corrected chi connectivity index (χ0v) is 11.5. The molecule has 0 saturated heterocycles. The van der Waals surface area contributed by atoms with Gasteiger partial charge in [-0.25, -0.2) is 8.42 Å². The Kier molecular flexibility index (Phi) is 3.47. The number of rotatable bonds is 3. The van der Waals surface area contributed by atoms with Gasteiger partial charge in [0.25, 0.3) is 0 Å². The van der Waals surface area contributed by atoms with Crippen LogP contribution in [0.25, 0.3) is 0 Å². The first-order valence-corrected chi connectivity index (χ1v) is 7.70. The first-order chi connectivity index (χ1) is 7.95. The standard InChI is InChI=1S/C10H16ClN3O2S/c1-7(2)10-8-5-14(17(15,16)6-11)4-3-9(8)12-13-10/h7H,3-6H2,1-2H3,(H,12,13). The van der Waals surface area contributed by atoms with Gasteiger partial charge in [-0.3, -0.25) is 5.10 Å². The first-order valence-electron chi connectivity index (χ1n) is 5.55. The van der Waals surface area contributed by atoms with Crippen molar-refractivity contribution in [2.75, 3.05) is 11.8 Å². The lowest BCUT2D eigenvalue weighted by molar-refractivity contribution is 0.391. The second kappa shape index (κ2) is 4.59. The predicted octanol–water partition coefficient (Wildman–Crippen LogP) is 1.42. The van der Waals surface area contributed by atoms with Crippen LogP contribution in [0.2, 0.25) is 0 Å². The van der Waals surface area contributed by atoms with E-state index in [9.17, 15) is 8.42 Å². The third kappa shape index (κ3) is 2.34. The van der Waals surface area contributed by atoms with Gasteiger partial charge in [0.1, 0.15) is 5.21 Å². The monoisotopic (exact) mass is 277 g/mol. The fourth-order valence-electron chi connectivity index (χ4n) is 2.08. The molecule has 0 aliphatic carbocycles.